The molecule has 0 bridgehead atoms. The third-order valence-corrected chi connectivity index (χ3v) is 3.23. The average Bonchev–Trinajstić information content (AvgIpc) is 2.63. The number of halogens is 1. The minimum Gasteiger partial charge on any atom is -0.423 e. The van der Waals surface area contributed by atoms with Crippen LogP contribution < -0.4 is 10.2 Å². The lowest BCUT2D eigenvalue weighted by molar-refractivity contribution is -0.121. The normalized spacial score (nSPS) is 21.1. The minimum absolute atomic E-state index is 0.0441. The molecule has 1 aromatic carbocycles. The van der Waals surface area contributed by atoms with E-state index in [1.807, 2.05) is 0 Å². The van der Waals surface area contributed by atoms with Crippen molar-refractivity contribution in [1.82, 2.24) is 5.32 Å². The molecule has 1 saturated heterocycles. The number of nitrogens with zero attached hydrogens (tertiary/aromatic N) is 1. The molecule has 0 radical (unpaired) electrons. The molecule has 2 amide bonds. The highest BCUT2D eigenvalue weighted by Crippen LogP contribution is 2.27. The molecular weight excluding hydrogens is 279 g/mol. The van der Waals surface area contributed by atoms with E-state index in [0.717, 1.165) is 6.07 Å². The maximum absolute atomic E-state index is 13.8. The summed E-state index contributed by atoms with van der Waals surface area (Å²) in [4.78, 5) is 35.4. The molecule has 0 aliphatic carbocycles. The van der Waals surface area contributed by atoms with E-state index in [0.29, 0.717) is 0 Å². The summed E-state index contributed by atoms with van der Waals surface area (Å²) in [7, 11) is 0. The summed E-state index contributed by atoms with van der Waals surface area (Å²) in [6.07, 6.45) is -1.48. The van der Waals surface area contributed by atoms with Crippen LogP contribution in [0.25, 0.3) is 0 Å². The van der Waals surface area contributed by atoms with Gasteiger partial charge >= 0.3 is 6.09 Å². The third-order valence-electron chi connectivity index (χ3n) is 3.23. The van der Waals surface area contributed by atoms with Crippen molar-refractivity contribution in [2.24, 2.45) is 0 Å². The summed E-state index contributed by atoms with van der Waals surface area (Å²) in [5.41, 5.74) is 0.222. The van der Waals surface area contributed by atoms with Gasteiger partial charge in [0.2, 0.25) is 5.91 Å². The number of amides is 2. The number of carbonyl (C=O) groups excluding carboxylic acids is 3. The van der Waals surface area contributed by atoms with Crippen LogP contribution in [0.15, 0.2) is 18.2 Å². The van der Waals surface area contributed by atoms with Gasteiger partial charge in [-0.25, -0.2) is 9.18 Å². The lowest BCUT2D eigenvalue weighted by Gasteiger charge is -2.21. The number of ketones is 1. The molecule has 1 heterocycles. The molecule has 1 fully saturated rings. The van der Waals surface area contributed by atoms with Crippen LogP contribution in [0.2, 0.25) is 0 Å². The van der Waals surface area contributed by atoms with Gasteiger partial charge < -0.3 is 10.1 Å². The Morgan fingerprint density at radius 3 is 2.52 bits per heavy atom. The fourth-order valence-electron chi connectivity index (χ4n) is 2.20. The number of hydrogen-bond acceptors (Lipinski definition) is 4. The van der Waals surface area contributed by atoms with Gasteiger partial charge in [-0.3, -0.25) is 14.5 Å². The Morgan fingerprint density at radius 1 is 1.33 bits per heavy atom. The molecule has 1 N–H and O–H groups in total. The van der Waals surface area contributed by atoms with Gasteiger partial charge in [0.05, 0.1) is 17.3 Å². The van der Waals surface area contributed by atoms with E-state index in [-0.39, 0.29) is 17.2 Å². The summed E-state index contributed by atoms with van der Waals surface area (Å²) in [6, 6.07) is 3.39. The molecule has 0 aromatic heterocycles. The van der Waals surface area contributed by atoms with Crippen molar-refractivity contribution in [2.45, 2.75) is 33.0 Å². The molecule has 0 saturated carbocycles. The van der Waals surface area contributed by atoms with Crippen LogP contribution in [0, 0.1) is 5.82 Å². The van der Waals surface area contributed by atoms with Gasteiger partial charge in [0.15, 0.2) is 12.0 Å². The van der Waals surface area contributed by atoms with Crippen LogP contribution in [-0.4, -0.2) is 30.1 Å². The Labute approximate surface area is 120 Å². The van der Waals surface area contributed by atoms with Crippen molar-refractivity contribution in [3.05, 3.63) is 29.6 Å². The first-order valence-corrected chi connectivity index (χ1v) is 6.38. The molecule has 2 atom stereocenters. The monoisotopic (exact) mass is 294 g/mol. The smallest absolute Gasteiger partial charge is 0.416 e. The van der Waals surface area contributed by atoms with Gasteiger partial charge in [0.1, 0.15) is 5.82 Å². The van der Waals surface area contributed by atoms with Gasteiger partial charge in [0, 0.05) is 6.92 Å². The quantitative estimate of drug-likeness (QED) is 0.863. The van der Waals surface area contributed by atoms with Crippen LogP contribution in [0.5, 0.6) is 0 Å². The summed E-state index contributed by atoms with van der Waals surface area (Å²) < 4.78 is 18.9. The number of carbonyl (C=O) groups is 3. The zero-order chi connectivity index (χ0) is 15.7. The number of rotatable bonds is 3. The van der Waals surface area contributed by atoms with Gasteiger partial charge in [0.25, 0.3) is 0 Å². The van der Waals surface area contributed by atoms with Gasteiger partial charge in [-0.05, 0) is 32.0 Å². The van der Waals surface area contributed by atoms with E-state index in [1.54, 1.807) is 6.92 Å². The van der Waals surface area contributed by atoms with Crippen LogP contribution in [0.1, 0.15) is 31.1 Å². The van der Waals surface area contributed by atoms with Crippen LogP contribution >= 0.6 is 0 Å². The van der Waals surface area contributed by atoms with Gasteiger partial charge in [-0.15, -0.1) is 0 Å². The Kier molecular flexibility index (Phi) is 3.93. The average molecular weight is 294 g/mol. The van der Waals surface area contributed by atoms with Crippen molar-refractivity contribution in [3.63, 3.8) is 0 Å². The molecule has 6 nitrogen and oxygen atoms in total. The molecule has 2 rings (SSSR count). The number of nitrogens with one attached hydrogen (secondary N) is 1. The minimum atomic E-state index is -0.800. The highest BCUT2D eigenvalue weighted by molar-refractivity contribution is 5.96. The van der Waals surface area contributed by atoms with Crippen LogP contribution in [0.3, 0.4) is 0 Å². The fraction of sp³-hybridized carbons (Fsp3) is 0.357. The number of cyclic esters (lactones) is 1. The number of ether oxygens (including phenoxy) is 1. The number of anilines is 1. The van der Waals surface area contributed by atoms with Gasteiger partial charge in [-0.1, -0.05) is 0 Å². The SMILES string of the molecule is CC(=O)N[C@H]1OC(=O)N(c2ccc(C(C)=O)c(F)c2)C1C. The molecule has 1 aromatic rings. The standard InChI is InChI=1S/C14H15FN2O4/c1-7-13(16-9(3)19)21-14(20)17(7)10-4-5-11(8(2)18)12(15)6-10/h4-7,13H,1-3H3,(H,16,19)/t7?,13-/m0/s1. The first-order chi connectivity index (χ1) is 9.81. The second-order valence-electron chi connectivity index (χ2n) is 4.84. The number of hydrogen-bond donors (Lipinski definition) is 1. The fourth-order valence-corrected chi connectivity index (χ4v) is 2.20. The first-order valence-electron chi connectivity index (χ1n) is 6.38. The highest BCUT2D eigenvalue weighted by atomic mass is 19.1. The van der Waals surface area contributed by atoms with Crippen molar-refractivity contribution < 1.29 is 23.5 Å². The van der Waals surface area contributed by atoms with E-state index in [4.69, 9.17) is 4.74 Å². The lowest BCUT2D eigenvalue weighted by Crippen LogP contribution is -2.43. The van der Waals surface area contributed by atoms with Crippen molar-refractivity contribution in [1.29, 1.82) is 0 Å². The van der Waals surface area contributed by atoms with Crippen molar-refractivity contribution in [2.75, 3.05) is 4.90 Å². The molecule has 112 valence electrons. The Hall–Kier alpha value is -2.44. The maximum Gasteiger partial charge on any atom is 0.416 e. The zero-order valence-electron chi connectivity index (χ0n) is 11.8. The number of benzene rings is 1. The molecule has 1 unspecified atom stereocenters. The van der Waals surface area contributed by atoms with Crippen LogP contribution in [-0.2, 0) is 9.53 Å². The van der Waals surface area contributed by atoms with E-state index in [2.05, 4.69) is 5.32 Å². The lowest BCUT2D eigenvalue weighted by atomic mass is 10.1. The van der Waals surface area contributed by atoms with E-state index in [9.17, 15) is 18.8 Å². The molecule has 21 heavy (non-hydrogen) atoms. The predicted octanol–water partition coefficient (Wildman–Crippen LogP) is 1.84. The highest BCUT2D eigenvalue weighted by Gasteiger charge is 2.40. The summed E-state index contributed by atoms with van der Waals surface area (Å²) in [5.74, 6) is -1.44. The van der Waals surface area contributed by atoms with Crippen molar-refractivity contribution in [3.8, 4) is 0 Å². The maximum atomic E-state index is 13.8. The Balaban J connectivity index is 2.29. The third kappa shape index (κ3) is 2.86. The topological polar surface area (TPSA) is 75.7 Å². The predicted molar refractivity (Wildman–Crippen MR) is 72.4 cm³/mol. The first kappa shape index (κ1) is 15.0. The number of Topliss-reactive ketones (excluding diaryl/α,β-unsaturated/α-hetero) is 1. The van der Waals surface area contributed by atoms with Gasteiger partial charge in [-0.2, -0.15) is 0 Å². The Morgan fingerprint density at radius 2 is 2.00 bits per heavy atom. The molecule has 7 heteroatoms. The largest absolute Gasteiger partial charge is 0.423 e. The Bertz CT molecular complexity index is 617. The van der Waals surface area contributed by atoms with E-state index >= 15 is 0 Å². The molecule has 1 aliphatic heterocycles. The molecular formula is C14H15FN2O4. The molecule has 1 aliphatic rings. The molecule has 0 spiro atoms. The summed E-state index contributed by atoms with van der Waals surface area (Å²) in [6.45, 7) is 4.24. The second kappa shape index (κ2) is 5.51. The van der Waals surface area contributed by atoms with E-state index < -0.39 is 30.0 Å². The summed E-state index contributed by atoms with van der Waals surface area (Å²) >= 11 is 0. The van der Waals surface area contributed by atoms with Crippen LogP contribution in [0.4, 0.5) is 14.9 Å². The second-order valence-corrected chi connectivity index (χ2v) is 4.84. The zero-order valence-corrected chi connectivity index (χ0v) is 11.8. The van der Waals surface area contributed by atoms with Crippen molar-refractivity contribution >= 4 is 23.5 Å². The summed E-state index contributed by atoms with van der Waals surface area (Å²) in [5, 5.41) is 2.49. The van der Waals surface area contributed by atoms with E-state index in [1.165, 1.54) is 30.9 Å².